The van der Waals surface area contributed by atoms with Crippen LogP contribution >= 0.6 is 0 Å². The maximum atomic E-state index is 12.8. The molecular formula is C16H23F3N2O2. The van der Waals surface area contributed by atoms with Gasteiger partial charge in [0.15, 0.2) is 0 Å². The molecular weight excluding hydrogens is 309 g/mol. The molecule has 7 heteroatoms. The Morgan fingerprint density at radius 2 is 2.00 bits per heavy atom. The van der Waals surface area contributed by atoms with Gasteiger partial charge in [0.2, 0.25) is 11.8 Å². The lowest BCUT2D eigenvalue weighted by atomic mass is 10.0. The van der Waals surface area contributed by atoms with Gasteiger partial charge in [-0.2, -0.15) is 13.2 Å². The number of carbonyl (C=O) groups is 1. The monoisotopic (exact) mass is 332 g/mol. The highest BCUT2D eigenvalue weighted by atomic mass is 19.4. The van der Waals surface area contributed by atoms with Crippen LogP contribution in [0.15, 0.2) is 18.3 Å². The average Bonchev–Trinajstić information content (AvgIpc) is 2.49. The Morgan fingerprint density at radius 3 is 2.61 bits per heavy atom. The van der Waals surface area contributed by atoms with Crippen LogP contribution in [0.5, 0.6) is 5.88 Å². The van der Waals surface area contributed by atoms with E-state index in [0.717, 1.165) is 38.2 Å². The van der Waals surface area contributed by atoms with E-state index in [1.165, 1.54) is 12.3 Å². The van der Waals surface area contributed by atoms with E-state index in [-0.39, 0.29) is 6.61 Å². The smallest absolute Gasteiger partial charge is 0.421 e. The Bertz CT molecular complexity index is 492. The van der Waals surface area contributed by atoms with Crippen LogP contribution in [0.3, 0.4) is 0 Å². The fraction of sp³-hybridized carbons (Fsp3) is 0.625. The summed E-state index contributed by atoms with van der Waals surface area (Å²) < 4.78 is 43.7. The molecule has 0 spiro atoms. The number of rotatable bonds is 10. The summed E-state index contributed by atoms with van der Waals surface area (Å²) in [6.07, 6.45) is 2.25. The van der Waals surface area contributed by atoms with E-state index in [0.29, 0.717) is 6.42 Å². The topological polar surface area (TPSA) is 65.2 Å². The van der Waals surface area contributed by atoms with E-state index < -0.39 is 29.4 Å². The largest absolute Gasteiger partial charge is 0.476 e. The second-order valence-electron chi connectivity index (χ2n) is 5.47. The van der Waals surface area contributed by atoms with E-state index in [2.05, 4.69) is 11.9 Å². The minimum absolute atomic E-state index is 0.191. The van der Waals surface area contributed by atoms with E-state index in [1.54, 1.807) is 0 Å². The van der Waals surface area contributed by atoms with Crippen molar-refractivity contribution in [1.29, 1.82) is 0 Å². The summed E-state index contributed by atoms with van der Waals surface area (Å²) in [4.78, 5) is 15.0. The van der Waals surface area contributed by atoms with Crippen molar-refractivity contribution in [3.8, 4) is 5.88 Å². The minimum atomic E-state index is -4.55. The summed E-state index contributed by atoms with van der Waals surface area (Å²) in [5.41, 5.74) is 4.35. The van der Waals surface area contributed by atoms with E-state index in [1.807, 2.05) is 0 Å². The molecule has 1 rings (SSSR count). The van der Waals surface area contributed by atoms with Gasteiger partial charge < -0.3 is 10.5 Å². The molecule has 0 radical (unpaired) electrons. The molecule has 4 nitrogen and oxygen atoms in total. The third kappa shape index (κ3) is 6.88. The van der Waals surface area contributed by atoms with Crippen LogP contribution in [0.25, 0.3) is 0 Å². The molecule has 0 bridgehead atoms. The van der Waals surface area contributed by atoms with Crippen molar-refractivity contribution < 1.29 is 22.7 Å². The van der Waals surface area contributed by atoms with Gasteiger partial charge in [-0.25, -0.2) is 4.98 Å². The van der Waals surface area contributed by atoms with Crippen molar-refractivity contribution in [2.45, 2.75) is 51.6 Å². The number of nitrogens with two attached hydrogens (primary N) is 1. The lowest BCUT2D eigenvalue weighted by Gasteiger charge is -2.16. The van der Waals surface area contributed by atoms with Gasteiger partial charge in [0, 0.05) is 6.20 Å². The average molecular weight is 332 g/mol. The van der Waals surface area contributed by atoms with Crippen LogP contribution in [0.2, 0.25) is 0 Å². The first-order valence-corrected chi connectivity index (χ1v) is 7.80. The number of aromatic nitrogens is 1. The quantitative estimate of drug-likeness (QED) is 0.660. The minimum Gasteiger partial charge on any atom is -0.476 e. The Labute approximate surface area is 134 Å². The number of halogens is 3. The van der Waals surface area contributed by atoms with Gasteiger partial charge in [0.05, 0.1) is 5.92 Å². The zero-order valence-corrected chi connectivity index (χ0v) is 13.2. The molecule has 0 saturated carbocycles. The predicted molar refractivity (Wildman–Crippen MR) is 80.8 cm³/mol. The molecule has 0 saturated heterocycles. The Balaban J connectivity index is 2.57. The molecule has 1 unspecified atom stereocenters. The van der Waals surface area contributed by atoms with Crippen LogP contribution < -0.4 is 10.5 Å². The number of hydrogen-bond acceptors (Lipinski definition) is 3. The van der Waals surface area contributed by atoms with Gasteiger partial charge in [-0.05, 0) is 18.6 Å². The molecule has 0 aromatic carbocycles. The molecule has 0 aliphatic heterocycles. The molecule has 0 aliphatic rings. The molecule has 2 N–H and O–H groups in total. The second kappa shape index (κ2) is 9.37. The Kier molecular flexibility index (Phi) is 7.85. The third-order valence-corrected chi connectivity index (χ3v) is 3.56. The molecule has 0 aliphatic carbocycles. The molecule has 1 heterocycles. The third-order valence-electron chi connectivity index (χ3n) is 3.56. The Morgan fingerprint density at radius 1 is 1.30 bits per heavy atom. The molecule has 1 aromatic rings. The summed E-state index contributed by atoms with van der Waals surface area (Å²) >= 11 is 0. The first kappa shape index (κ1) is 19.3. The number of primary amides is 1. The van der Waals surface area contributed by atoms with Crippen LogP contribution in [-0.2, 0) is 11.0 Å². The van der Waals surface area contributed by atoms with Gasteiger partial charge >= 0.3 is 6.18 Å². The summed E-state index contributed by atoms with van der Waals surface area (Å²) in [5.74, 6) is -1.69. The molecule has 130 valence electrons. The molecule has 1 atom stereocenters. The molecule has 23 heavy (non-hydrogen) atoms. The number of unbranched alkanes of at least 4 members (excludes halogenated alkanes) is 4. The zero-order chi connectivity index (χ0) is 17.3. The summed E-state index contributed by atoms with van der Waals surface area (Å²) in [6, 6.07) is 2.08. The van der Waals surface area contributed by atoms with E-state index >= 15 is 0 Å². The highest BCUT2D eigenvalue weighted by Crippen LogP contribution is 2.34. The van der Waals surface area contributed by atoms with Gasteiger partial charge in [-0.15, -0.1) is 0 Å². The molecule has 1 aromatic heterocycles. The summed E-state index contributed by atoms with van der Waals surface area (Å²) in [6.45, 7) is 1.91. The van der Waals surface area contributed by atoms with Crippen molar-refractivity contribution in [3.63, 3.8) is 0 Å². The molecule has 0 fully saturated rings. The van der Waals surface area contributed by atoms with Crippen LogP contribution in [-0.4, -0.2) is 17.5 Å². The second-order valence-corrected chi connectivity index (χ2v) is 5.47. The first-order chi connectivity index (χ1) is 10.9. The maximum absolute atomic E-state index is 12.8. The van der Waals surface area contributed by atoms with Crippen molar-refractivity contribution >= 4 is 5.91 Å². The van der Waals surface area contributed by atoms with Gasteiger partial charge in [-0.3, -0.25) is 4.79 Å². The number of alkyl halides is 3. The number of nitrogens with zero attached hydrogens (tertiary/aromatic N) is 1. The number of carbonyl (C=O) groups excluding carboxylic acids is 1. The lowest BCUT2D eigenvalue weighted by Crippen LogP contribution is -2.29. The van der Waals surface area contributed by atoms with E-state index in [9.17, 15) is 18.0 Å². The fourth-order valence-electron chi connectivity index (χ4n) is 2.20. The van der Waals surface area contributed by atoms with Crippen molar-refractivity contribution in [3.05, 3.63) is 23.9 Å². The SMILES string of the molecule is CCCCCCCC(COc1ncccc1C(F)(F)F)C(N)=O. The van der Waals surface area contributed by atoms with E-state index in [4.69, 9.17) is 10.5 Å². The van der Waals surface area contributed by atoms with Crippen LogP contribution in [0.1, 0.15) is 51.0 Å². The summed E-state index contributed by atoms with van der Waals surface area (Å²) in [7, 11) is 0. The predicted octanol–water partition coefficient (Wildman–Crippen LogP) is 3.94. The number of amides is 1. The van der Waals surface area contributed by atoms with Gasteiger partial charge in [0.25, 0.3) is 0 Å². The van der Waals surface area contributed by atoms with Gasteiger partial charge in [-0.1, -0.05) is 39.0 Å². The first-order valence-electron chi connectivity index (χ1n) is 7.80. The number of hydrogen-bond donors (Lipinski definition) is 1. The maximum Gasteiger partial charge on any atom is 0.421 e. The van der Waals surface area contributed by atoms with Crippen molar-refractivity contribution in [2.75, 3.05) is 6.61 Å². The van der Waals surface area contributed by atoms with Gasteiger partial charge in [0.1, 0.15) is 12.2 Å². The van der Waals surface area contributed by atoms with Crippen molar-refractivity contribution in [2.24, 2.45) is 11.7 Å². The highest BCUT2D eigenvalue weighted by molar-refractivity contribution is 5.76. The molecule has 1 amide bonds. The van der Waals surface area contributed by atoms with Crippen LogP contribution in [0.4, 0.5) is 13.2 Å². The van der Waals surface area contributed by atoms with Crippen LogP contribution in [0, 0.1) is 5.92 Å². The normalized spacial score (nSPS) is 12.9. The fourth-order valence-corrected chi connectivity index (χ4v) is 2.20. The highest BCUT2D eigenvalue weighted by Gasteiger charge is 2.35. The lowest BCUT2D eigenvalue weighted by molar-refractivity contribution is -0.139. The number of pyridine rings is 1. The number of ether oxygens (including phenoxy) is 1. The Hall–Kier alpha value is -1.79. The summed E-state index contributed by atoms with van der Waals surface area (Å²) in [5, 5.41) is 0. The zero-order valence-electron chi connectivity index (χ0n) is 13.2. The van der Waals surface area contributed by atoms with Crippen molar-refractivity contribution in [1.82, 2.24) is 4.98 Å². The standard InChI is InChI=1S/C16H23F3N2O2/c1-2-3-4-5-6-8-12(14(20)22)11-23-15-13(16(17,18)19)9-7-10-21-15/h7,9-10,12H,2-6,8,11H2,1H3,(H2,20,22).